The van der Waals surface area contributed by atoms with E-state index in [1.807, 2.05) is 11.7 Å². The highest BCUT2D eigenvalue weighted by Gasteiger charge is 2.22. The van der Waals surface area contributed by atoms with Gasteiger partial charge in [-0.05, 0) is 45.4 Å². The molecule has 0 saturated carbocycles. The van der Waals surface area contributed by atoms with Gasteiger partial charge in [0.1, 0.15) is 0 Å². The summed E-state index contributed by atoms with van der Waals surface area (Å²) >= 11 is 0. The Labute approximate surface area is 122 Å². The van der Waals surface area contributed by atoms with Gasteiger partial charge < -0.3 is 5.32 Å². The highest BCUT2D eigenvalue weighted by molar-refractivity contribution is 5.42. The largest absolute Gasteiger partial charge is 0.306 e. The molecular weight excluding hydrogens is 246 g/mol. The van der Waals surface area contributed by atoms with E-state index in [0.29, 0.717) is 0 Å². The number of nitrogens with one attached hydrogen (secondary N) is 1. The third kappa shape index (κ3) is 2.63. The fourth-order valence-electron chi connectivity index (χ4n) is 2.85. The zero-order chi connectivity index (χ0) is 14.9. The topological polar surface area (TPSA) is 29.9 Å². The first-order chi connectivity index (χ1) is 9.45. The maximum Gasteiger partial charge on any atom is 0.0647 e. The molecule has 2 aromatic rings. The summed E-state index contributed by atoms with van der Waals surface area (Å²) in [5.74, 6) is 0. The molecule has 0 bridgehead atoms. The minimum Gasteiger partial charge on any atom is -0.306 e. The van der Waals surface area contributed by atoms with Gasteiger partial charge in [-0.1, -0.05) is 30.7 Å². The number of hydrogen-bond donors (Lipinski definition) is 1. The molecule has 1 atom stereocenters. The first-order valence-electron chi connectivity index (χ1n) is 7.26. The lowest BCUT2D eigenvalue weighted by Gasteiger charge is -2.22. The summed E-state index contributed by atoms with van der Waals surface area (Å²) in [4.78, 5) is 0. The molecule has 0 radical (unpaired) electrons. The van der Waals surface area contributed by atoms with Crippen LogP contribution in [-0.2, 0) is 7.05 Å². The van der Waals surface area contributed by atoms with E-state index in [2.05, 4.69) is 63.2 Å². The first-order valence-corrected chi connectivity index (χ1v) is 7.26. The lowest BCUT2D eigenvalue weighted by Crippen LogP contribution is -2.24. The number of rotatable bonds is 4. The van der Waals surface area contributed by atoms with Crippen molar-refractivity contribution in [1.82, 2.24) is 15.1 Å². The molecule has 0 aliphatic heterocycles. The van der Waals surface area contributed by atoms with Gasteiger partial charge in [-0.3, -0.25) is 4.68 Å². The average molecular weight is 271 g/mol. The van der Waals surface area contributed by atoms with Gasteiger partial charge in [0.05, 0.1) is 11.7 Å². The standard InChI is InChI=1S/C17H25N3/c1-7-18-17(15-10-11(2)8-9-12(15)3)16-13(4)19-20(6)14(16)5/h8-10,17-18H,7H2,1-6H3. The van der Waals surface area contributed by atoms with Crippen LogP contribution < -0.4 is 5.32 Å². The second-order valence-electron chi connectivity index (χ2n) is 5.56. The number of benzene rings is 1. The molecule has 1 aromatic heterocycles. The van der Waals surface area contributed by atoms with Crippen molar-refractivity contribution in [3.05, 3.63) is 51.8 Å². The number of aromatic nitrogens is 2. The van der Waals surface area contributed by atoms with Crippen LogP contribution in [0.5, 0.6) is 0 Å². The van der Waals surface area contributed by atoms with Crippen molar-refractivity contribution in [1.29, 1.82) is 0 Å². The Kier molecular flexibility index (Phi) is 4.29. The van der Waals surface area contributed by atoms with E-state index in [9.17, 15) is 0 Å². The molecule has 0 fully saturated rings. The van der Waals surface area contributed by atoms with Crippen LogP contribution in [0.1, 0.15) is 46.6 Å². The Bertz CT molecular complexity index is 611. The Morgan fingerprint density at radius 3 is 2.45 bits per heavy atom. The van der Waals surface area contributed by atoms with Gasteiger partial charge in [-0.15, -0.1) is 0 Å². The summed E-state index contributed by atoms with van der Waals surface area (Å²) in [6.07, 6.45) is 0. The van der Waals surface area contributed by atoms with Gasteiger partial charge in [0, 0.05) is 18.3 Å². The molecule has 0 amide bonds. The Morgan fingerprint density at radius 2 is 1.90 bits per heavy atom. The van der Waals surface area contributed by atoms with Crippen molar-refractivity contribution in [2.75, 3.05) is 6.54 Å². The molecule has 0 saturated heterocycles. The lowest BCUT2D eigenvalue weighted by molar-refractivity contribution is 0.619. The van der Waals surface area contributed by atoms with Crippen molar-refractivity contribution in [2.45, 2.75) is 40.7 Å². The third-order valence-electron chi connectivity index (χ3n) is 4.01. The minimum atomic E-state index is 0.216. The zero-order valence-electron chi connectivity index (χ0n) is 13.4. The summed E-state index contributed by atoms with van der Waals surface area (Å²) in [6, 6.07) is 6.88. The first kappa shape index (κ1) is 14.8. The second kappa shape index (κ2) is 5.80. The van der Waals surface area contributed by atoms with Crippen molar-refractivity contribution >= 4 is 0 Å². The summed E-state index contributed by atoms with van der Waals surface area (Å²) in [6.45, 7) is 11.7. The minimum absolute atomic E-state index is 0.216. The van der Waals surface area contributed by atoms with Crippen LogP contribution >= 0.6 is 0 Å². The van der Waals surface area contributed by atoms with Gasteiger partial charge in [0.25, 0.3) is 0 Å². The SMILES string of the molecule is CCNC(c1cc(C)ccc1C)c1c(C)nn(C)c1C. The molecular formula is C17H25N3. The van der Waals surface area contributed by atoms with E-state index in [4.69, 9.17) is 0 Å². The smallest absolute Gasteiger partial charge is 0.0647 e. The maximum atomic E-state index is 4.57. The van der Waals surface area contributed by atoms with Crippen molar-refractivity contribution in [3.63, 3.8) is 0 Å². The highest BCUT2D eigenvalue weighted by Crippen LogP contribution is 2.30. The predicted molar refractivity (Wildman–Crippen MR) is 84.1 cm³/mol. The number of hydrogen-bond acceptors (Lipinski definition) is 2. The maximum absolute atomic E-state index is 4.57. The molecule has 1 N–H and O–H groups in total. The lowest BCUT2D eigenvalue weighted by atomic mass is 9.92. The van der Waals surface area contributed by atoms with Gasteiger partial charge in [-0.25, -0.2) is 0 Å². The zero-order valence-corrected chi connectivity index (χ0v) is 13.4. The van der Waals surface area contributed by atoms with Crippen LogP contribution in [0.3, 0.4) is 0 Å². The van der Waals surface area contributed by atoms with Crippen molar-refractivity contribution in [3.8, 4) is 0 Å². The predicted octanol–water partition coefficient (Wildman–Crippen LogP) is 3.35. The van der Waals surface area contributed by atoms with Gasteiger partial charge in [-0.2, -0.15) is 5.10 Å². The van der Waals surface area contributed by atoms with Crippen molar-refractivity contribution < 1.29 is 0 Å². The summed E-state index contributed by atoms with van der Waals surface area (Å²) in [5.41, 5.74) is 7.62. The van der Waals surface area contributed by atoms with Gasteiger partial charge in [0.15, 0.2) is 0 Å². The number of nitrogens with zero attached hydrogens (tertiary/aromatic N) is 2. The summed E-state index contributed by atoms with van der Waals surface area (Å²) in [5, 5.41) is 8.19. The fourth-order valence-corrected chi connectivity index (χ4v) is 2.85. The average Bonchev–Trinajstić information content (AvgIpc) is 2.64. The van der Waals surface area contributed by atoms with E-state index >= 15 is 0 Å². The van der Waals surface area contributed by atoms with Crippen LogP contribution in [0.4, 0.5) is 0 Å². The number of aryl methyl sites for hydroxylation is 4. The molecule has 3 heteroatoms. The fraction of sp³-hybridized carbons (Fsp3) is 0.471. The molecule has 0 aliphatic rings. The van der Waals surface area contributed by atoms with Gasteiger partial charge >= 0.3 is 0 Å². The second-order valence-corrected chi connectivity index (χ2v) is 5.56. The van der Waals surface area contributed by atoms with Crippen LogP contribution in [-0.4, -0.2) is 16.3 Å². The molecule has 1 aromatic carbocycles. The monoisotopic (exact) mass is 271 g/mol. The Hall–Kier alpha value is -1.61. The molecule has 1 heterocycles. The van der Waals surface area contributed by atoms with Crippen LogP contribution in [0.2, 0.25) is 0 Å². The Balaban J connectivity index is 2.59. The molecule has 0 spiro atoms. The molecule has 108 valence electrons. The quantitative estimate of drug-likeness (QED) is 0.924. The van der Waals surface area contributed by atoms with Crippen LogP contribution in [0, 0.1) is 27.7 Å². The van der Waals surface area contributed by atoms with Crippen LogP contribution in [0.15, 0.2) is 18.2 Å². The van der Waals surface area contributed by atoms with Gasteiger partial charge in [0.2, 0.25) is 0 Å². The van der Waals surface area contributed by atoms with E-state index in [1.54, 1.807) is 0 Å². The van der Waals surface area contributed by atoms with E-state index in [1.165, 1.54) is 27.9 Å². The summed E-state index contributed by atoms with van der Waals surface area (Å²) in [7, 11) is 2.01. The van der Waals surface area contributed by atoms with Crippen molar-refractivity contribution in [2.24, 2.45) is 7.05 Å². The Morgan fingerprint density at radius 1 is 1.20 bits per heavy atom. The van der Waals surface area contributed by atoms with Crippen LogP contribution in [0.25, 0.3) is 0 Å². The van der Waals surface area contributed by atoms with E-state index < -0.39 is 0 Å². The molecule has 3 nitrogen and oxygen atoms in total. The molecule has 20 heavy (non-hydrogen) atoms. The molecule has 2 rings (SSSR count). The normalized spacial score (nSPS) is 12.7. The van der Waals surface area contributed by atoms with E-state index in [-0.39, 0.29) is 6.04 Å². The molecule has 0 aliphatic carbocycles. The summed E-state index contributed by atoms with van der Waals surface area (Å²) < 4.78 is 1.97. The highest BCUT2D eigenvalue weighted by atomic mass is 15.3. The third-order valence-corrected chi connectivity index (χ3v) is 4.01. The van der Waals surface area contributed by atoms with E-state index in [0.717, 1.165) is 12.2 Å². The molecule has 1 unspecified atom stereocenters.